The minimum Gasteiger partial charge on any atom is -0.507 e. The van der Waals surface area contributed by atoms with Gasteiger partial charge in [0.2, 0.25) is 5.13 Å². The lowest BCUT2D eigenvalue weighted by Gasteiger charge is -2.22. The maximum Gasteiger partial charge on any atom is 0.301 e. The average Bonchev–Trinajstić information content (AvgIpc) is 3.23. The van der Waals surface area contributed by atoms with Crippen molar-refractivity contribution in [2.75, 3.05) is 4.90 Å². The van der Waals surface area contributed by atoms with Crippen LogP contribution in [0.25, 0.3) is 5.76 Å². The smallest absolute Gasteiger partial charge is 0.301 e. The highest BCUT2D eigenvalue weighted by molar-refractivity contribution is 7.15. The normalized spacial score (nSPS) is 18.4. The maximum atomic E-state index is 14.7. The van der Waals surface area contributed by atoms with Gasteiger partial charge >= 0.3 is 5.91 Å². The number of aliphatic hydroxyl groups excluding tert-OH is 1. The average molecular weight is 430 g/mol. The van der Waals surface area contributed by atoms with Crippen molar-refractivity contribution in [2.24, 2.45) is 0 Å². The SMILES string of the molecule is Cc1nnc(N2C(=O)C(=O)/C(=C(\O)c3ccc(Cl)cc3)C2c2ccccc2F)s1. The van der Waals surface area contributed by atoms with Gasteiger partial charge < -0.3 is 5.11 Å². The van der Waals surface area contributed by atoms with Crippen LogP contribution in [0.2, 0.25) is 5.02 Å². The number of aryl methyl sites for hydroxylation is 1. The molecule has 1 N–H and O–H groups in total. The summed E-state index contributed by atoms with van der Waals surface area (Å²) in [5.74, 6) is -2.88. The molecule has 1 saturated heterocycles. The number of hydrogen-bond acceptors (Lipinski definition) is 6. The van der Waals surface area contributed by atoms with E-state index in [1.165, 1.54) is 30.3 Å². The number of hydrogen-bond donors (Lipinski definition) is 1. The molecule has 0 saturated carbocycles. The highest BCUT2D eigenvalue weighted by Crippen LogP contribution is 2.43. The van der Waals surface area contributed by atoms with Gasteiger partial charge in [0.1, 0.15) is 22.6 Å². The Morgan fingerprint density at radius 3 is 2.45 bits per heavy atom. The predicted molar refractivity (Wildman–Crippen MR) is 107 cm³/mol. The molecule has 0 aliphatic carbocycles. The Labute approximate surface area is 173 Å². The van der Waals surface area contributed by atoms with Crippen molar-refractivity contribution < 1.29 is 19.1 Å². The Morgan fingerprint density at radius 2 is 1.83 bits per heavy atom. The van der Waals surface area contributed by atoms with Crippen LogP contribution in [0, 0.1) is 12.7 Å². The summed E-state index contributed by atoms with van der Waals surface area (Å²) in [6, 6.07) is 10.7. The second-order valence-corrected chi connectivity index (χ2v) is 7.90. The van der Waals surface area contributed by atoms with Crippen LogP contribution in [0.3, 0.4) is 0 Å². The van der Waals surface area contributed by atoms with Crippen molar-refractivity contribution >= 4 is 45.5 Å². The molecule has 0 spiro atoms. The second kappa shape index (κ2) is 7.38. The van der Waals surface area contributed by atoms with Crippen LogP contribution in [-0.4, -0.2) is 27.0 Å². The third kappa shape index (κ3) is 3.30. The van der Waals surface area contributed by atoms with Gasteiger partial charge in [-0.1, -0.05) is 41.1 Å². The molecule has 29 heavy (non-hydrogen) atoms. The van der Waals surface area contributed by atoms with Crippen LogP contribution in [0.5, 0.6) is 0 Å². The van der Waals surface area contributed by atoms with E-state index >= 15 is 0 Å². The van der Waals surface area contributed by atoms with Crippen LogP contribution in [-0.2, 0) is 9.59 Å². The topological polar surface area (TPSA) is 83.4 Å². The van der Waals surface area contributed by atoms with Gasteiger partial charge in [-0.2, -0.15) is 0 Å². The molecule has 1 aliphatic heterocycles. The van der Waals surface area contributed by atoms with Crippen molar-refractivity contribution in [3.8, 4) is 0 Å². The van der Waals surface area contributed by atoms with Crippen molar-refractivity contribution in [3.05, 3.63) is 81.1 Å². The molecule has 1 aromatic heterocycles. The lowest BCUT2D eigenvalue weighted by atomic mass is 9.95. The first-order valence-electron chi connectivity index (χ1n) is 8.50. The molecule has 9 heteroatoms. The molecule has 0 radical (unpaired) electrons. The van der Waals surface area contributed by atoms with E-state index in [-0.39, 0.29) is 21.8 Å². The molecule has 1 amide bonds. The Morgan fingerprint density at radius 1 is 1.14 bits per heavy atom. The Balaban J connectivity index is 1.97. The lowest BCUT2D eigenvalue weighted by Crippen LogP contribution is -2.29. The minimum atomic E-state index is -1.18. The van der Waals surface area contributed by atoms with Crippen LogP contribution in [0.1, 0.15) is 22.2 Å². The van der Waals surface area contributed by atoms with E-state index in [0.29, 0.717) is 10.0 Å². The zero-order chi connectivity index (χ0) is 20.7. The van der Waals surface area contributed by atoms with Gasteiger partial charge in [-0.15, -0.1) is 10.2 Å². The molecule has 2 heterocycles. The van der Waals surface area contributed by atoms with Crippen molar-refractivity contribution in [1.29, 1.82) is 0 Å². The molecule has 4 rings (SSSR count). The fourth-order valence-electron chi connectivity index (χ4n) is 3.17. The van der Waals surface area contributed by atoms with Gasteiger partial charge in [0.25, 0.3) is 5.78 Å². The summed E-state index contributed by atoms with van der Waals surface area (Å²) in [6.45, 7) is 1.70. The van der Waals surface area contributed by atoms with Crippen LogP contribution < -0.4 is 4.90 Å². The number of aliphatic hydroxyl groups is 1. The predicted octanol–water partition coefficient (Wildman–Crippen LogP) is 4.27. The molecular weight excluding hydrogens is 417 g/mol. The summed E-state index contributed by atoms with van der Waals surface area (Å²) < 4.78 is 14.7. The van der Waals surface area contributed by atoms with Crippen molar-refractivity contribution in [3.63, 3.8) is 0 Å². The Bertz CT molecular complexity index is 1160. The molecule has 1 aliphatic rings. The number of carbonyl (C=O) groups excluding carboxylic acids is 2. The first-order chi connectivity index (χ1) is 13.9. The Hall–Kier alpha value is -3.10. The third-order valence-corrected chi connectivity index (χ3v) is 5.57. The molecule has 6 nitrogen and oxygen atoms in total. The van der Waals surface area contributed by atoms with Gasteiger partial charge in [0.05, 0.1) is 5.57 Å². The van der Waals surface area contributed by atoms with Gasteiger partial charge in [-0.05, 0) is 37.3 Å². The van der Waals surface area contributed by atoms with Gasteiger partial charge in [0, 0.05) is 16.1 Å². The number of ketones is 1. The van der Waals surface area contributed by atoms with E-state index in [0.717, 1.165) is 16.2 Å². The largest absolute Gasteiger partial charge is 0.507 e. The highest BCUT2D eigenvalue weighted by atomic mass is 35.5. The van der Waals surface area contributed by atoms with Gasteiger partial charge in [-0.3, -0.25) is 14.5 Å². The molecule has 2 aromatic carbocycles. The van der Waals surface area contributed by atoms with E-state index in [1.54, 1.807) is 25.1 Å². The number of benzene rings is 2. The molecule has 0 bridgehead atoms. The summed E-state index contributed by atoms with van der Waals surface area (Å²) in [5, 5.41) is 19.9. The fourth-order valence-corrected chi connectivity index (χ4v) is 4.01. The van der Waals surface area contributed by atoms with E-state index < -0.39 is 29.3 Å². The number of aromatic nitrogens is 2. The fraction of sp³-hybridized carbons (Fsp3) is 0.100. The summed E-state index contributed by atoms with van der Waals surface area (Å²) in [5.41, 5.74) is 0.118. The van der Waals surface area contributed by atoms with Gasteiger partial charge in [-0.25, -0.2) is 4.39 Å². The van der Waals surface area contributed by atoms with E-state index in [4.69, 9.17) is 11.6 Å². The van der Waals surface area contributed by atoms with Crippen LogP contribution >= 0.6 is 22.9 Å². The number of anilines is 1. The number of nitrogens with zero attached hydrogens (tertiary/aromatic N) is 3. The van der Waals surface area contributed by atoms with Gasteiger partial charge in [0.15, 0.2) is 0 Å². The lowest BCUT2D eigenvalue weighted by molar-refractivity contribution is -0.132. The summed E-state index contributed by atoms with van der Waals surface area (Å²) in [4.78, 5) is 26.8. The number of rotatable bonds is 3. The summed E-state index contributed by atoms with van der Waals surface area (Å²) in [6.07, 6.45) is 0. The van der Waals surface area contributed by atoms with E-state index in [1.807, 2.05) is 0 Å². The Kier molecular flexibility index (Phi) is 4.89. The second-order valence-electron chi connectivity index (χ2n) is 6.30. The van der Waals surface area contributed by atoms with E-state index in [9.17, 15) is 19.1 Å². The molecule has 146 valence electrons. The molecule has 1 unspecified atom stereocenters. The number of carbonyl (C=O) groups is 2. The standard InChI is InChI=1S/C20H13ClFN3O3S/c1-10-23-24-20(29-10)25-16(13-4-2-3-5-14(13)22)15(18(27)19(25)28)17(26)11-6-8-12(21)9-7-11/h2-9,16,26H,1H3/b17-15-. The summed E-state index contributed by atoms with van der Waals surface area (Å²) >= 11 is 6.98. The van der Waals surface area contributed by atoms with E-state index in [2.05, 4.69) is 10.2 Å². The first kappa shape index (κ1) is 19.2. The third-order valence-electron chi connectivity index (χ3n) is 4.48. The van der Waals surface area contributed by atoms with Crippen molar-refractivity contribution in [2.45, 2.75) is 13.0 Å². The molecule has 3 aromatic rings. The van der Waals surface area contributed by atoms with Crippen molar-refractivity contribution in [1.82, 2.24) is 10.2 Å². The highest BCUT2D eigenvalue weighted by Gasteiger charge is 2.49. The number of amides is 1. The molecule has 1 fully saturated rings. The summed E-state index contributed by atoms with van der Waals surface area (Å²) in [7, 11) is 0. The molecule has 1 atom stereocenters. The first-order valence-corrected chi connectivity index (χ1v) is 9.69. The van der Waals surface area contributed by atoms with Crippen LogP contribution in [0.15, 0.2) is 54.1 Å². The van der Waals surface area contributed by atoms with Crippen LogP contribution in [0.4, 0.5) is 9.52 Å². The zero-order valence-corrected chi connectivity index (χ0v) is 16.5. The quantitative estimate of drug-likeness (QED) is 0.382. The monoisotopic (exact) mass is 429 g/mol. The number of Topliss-reactive ketones (excluding diaryl/α,β-unsaturated/α-hetero) is 1. The number of halogens is 2. The molecular formula is C20H13ClFN3O3S. The zero-order valence-electron chi connectivity index (χ0n) is 15.0. The maximum absolute atomic E-state index is 14.7. The minimum absolute atomic E-state index is 0.0649.